The average Bonchev–Trinajstić information content (AvgIpc) is 3.02. The number of hydrogen-bond donors (Lipinski definition) is 2. The number of aliphatic imine (C=N–C) groups is 1. The number of guanidine groups is 1. The van der Waals surface area contributed by atoms with Crippen molar-refractivity contribution in [1.82, 2.24) is 15.5 Å². The molecule has 122 valence electrons. The van der Waals surface area contributed by atoms with Crippen LogP contribution in [0.4, 0.5) is 0 Å². The first-order chi connectivity index (χ1) is 10.3. The molecular formula is C15H30N4OS. The molecule has 0 radical (unpaired) electrons. The van der Waals surface area contributed by atoms with Gasteiger partial charge in [-0.25, -0.2) is 0 Å². The van der Waals surface area contributed by atoms with Gasteiger partial charge in [-0.1, -0.05) is 13.3 Å². The van der Waals surface area contributed by atoms with E-state index >= 15 is 0 Å². The zero-order valence-electron chi connectivity index (χ0n) is 13.5. The van der Waals surface area contributed by atoms with Crippen LogP contribution in [0.25, 0.3) is 0 Å². The number of nitrogens with one attached hydrogen (secondary N) is 2. The van der Waals surface area contributed by atoms with Gasteiger partial charge >= 0.3 is 0 Å². The van der Waals surface area contributed by atoms with E-state index in [0.717, 1.165) is 45.4 Å². The number of rotatable bonds is 6. The molecule has 1 atom stereocenters. The van der Waals surface area contributed by atoms with E-state index < -0.39 is 0 Å². The summed E-state index contributed by atoms with van der Waals surface area (Å²) < 4.78 is 5.51. The van der Waals surface area contributed by atoms with Gasteiger partial charge < -0.3 is 15.4 Å². The Morgan fingerprint density at radius 2 is 2.14 bits per heavy atom. The first-order valence-corrected chi connectivity index (χ1v) is 9.31. The highest BCUT2D eigenvalue weighted by molar-refractivity contribution is 7.99. The van der Waals surface area contributed by atoms with Crippen molar-refractivity contribution in [1.29, 1.82) is 0 Å². The Morgan fingerprint density at radius 1 is 1.33 bits per heavy atom. The summed E-state index contributed by atoms with van der Waals surface area (Å²) in [7, 11) is 1.85. The number of morpholine rings is 1. The Hall–Kier alpha value is -0.460. The molecule has 0 aliphatic carbocycles. The van der Waals surface area contributed by atoms with Gasteiger partial charge in [-0.2, -0.15) is 11.8 Å². The maximum absolute atomic E-state index is 5.51. The second-order valence-electron chi connectivity index (χ2n) is 5.83. The first-order valence-electron chi connectivity index (χ1n) is 8.16. The van der Waals surface area contributed by atoms with Gasteiger partial charge in [0.2, 0.25) is 0 Å². The van der Waals surface area contributed by atoms with Crippen LogP contribution in [0.1, 0.15) is 26.2 Å². The van der Waals surface area contributed by atoms with Crippen LogP contribution in [-0.4, -0.2) is 74.3 Å². The van der Waals surface area contributed by atoms with Crippen molar-refractivity contribution in [2.75, 3.05) is 57.9 Å². The quantitative estimate of drug-likeness (QED) is 0.438. The molecule has 0 spiro atoms. The largest absolute Gasteiger partial charge is 0.379 e. The summed E-state index contributed by atoms with van der Waals surface area (Å²) in [6, 6.07) is 0. The smallest absolute Gasteiger partial charge is 0.191 e. The van der Waals surface area contributed by atoms with E-state index in [1.165, 1.54) is 30.8 Å². The molecular weight excluding hydrogens is 284 g/mol. The van der Waals surface area contributed by atoms with Crippen molar-refractivity contribution in [3.8, 4) is 0 Å². The zero-order valence-corrected chi connectivity index (χ0v) is 14.3. The lowest BCUT2D eigenvalue weighted by Gasteiger charge is -2.43. The number of ether oxygens (including phenoxy) is 1. The van der Waals surface area contributed by atoms with Crippen LogP contribution in [0.5, 0.6) is 0 Å². The van der Waals surface area contributed by atoms with Crippen LogP contribution in [0.2, 0.25) is 0 Å². The number of nitrogens with zero attached hydrogens (tertiary/aromatic N) is 2. The number of unbranched alkanes of at least 4 members (excludes halogenated alkanes) is 1. The van der Waals surface area contributed by atoms with Crippen molar-refractivity contribution < 1.29 is 4.74 Å². The van der Waals surface area contributed by atoms with Gasteiger partial charge in [0, 0.05) is 44.5 Å². The Kier molecular flexibility index (Phi) is 7.13. The Balaban J connectivity index is 1.87. The molecule has 5 nitrogen and oxygen atoms in total. The van der Waals surface area contributed by atoms with Crippen LogP contribution in [-0.2, 0) is 4.74 Å². The van der Waals surface area contributed by atoms with Crippen molar-refractivity contribution in [3.63, 3.8) is 0 Å². The molecule has 0 bridgehead atoms. The number of thioether (sulfide) groups is 1. The number of hydrogen-bond acceptors (Lipinski definition) is 4. The van der Waals surface area contributed by atoms with E-state index in [-0.39, 0.29) is 5.54 Å². The van der Waals surface area contributed by atoms with E-state index in [1.54, 1.807) is 0 Å². The predicted octanol–water partition coefficient (Wildman–Crippen LogP) is 1.16. The fourth-order valence-corrected chi connectivity index (χ4v) is 4.46. The van der Waals surface area contributed by atoms with Crippen LogP contribution < -0.4 is 10.6 Å². The molecule has 0 saturated carbocycles. The maximum atomic E-state index is 5.51. The standard InChI is InChI=1S/C15H30N4OS/c1-3-4-6-17-14(16-2)18-12-15(5-11-21-13-15)19-7-9-20-10-8-19/h3-13H2,1-2H3,(H2,16,17,18). The molecule has 21 heavy (non-hydrogen) atoms. The van der Waals surface area contributed by atoms with Gasteiger partial charge in [0.05, 0.1) is 13.2 Å². The maximum Gasteiger partial charge on any atom is 0.191 e. The van der Waals surface area contributed by atoms with Gasteiger partial charge in [-0.05, 0) is 18.6 Å². The van der Waals surface area contributed by atoms with Crippen molar-refractivity contribution in [2.24, 2.45) is 4.99 Å². The van der Waals surface area contributed by atoms with E-state index in [4.69, 9.17) is 4.74 Å². The molecule has 0 aromatic carbocycles. The topological polar surface area (TPSA) is 48.9 Å². The zero-order chi connectivity index (χ0) is 15.0. The molecule has 2 rings (SSSR count). The lowest BCUT2D eigenvalue weighted by molar-refractivity contribution is -0.0120. The summed E-state index contributed by atoms with van der Waals surface area (Å²) in [5.41, 5.74) is 0.275. The summed E-state index contributed by atoms with van der Waals surface area (Å²) in [6.45, 7) is 8.04. The average molecular weight is 314 g/mol. The van der Waals surface area contributed by atoms with E-state index in [2.05, 4.69) is 39.2 Å². The van der Waals surface area contributed by atoms with Crippen molar-refractivity contribution >= 4 is 17.7 Å². The van der Waals surface area contributed by atoms with Crippen molar-refractivity contribution in [2.45, 2.75) is 31.7 Å². The normalized spacial score (nSPS) is 27.8. The van der Waals surface area contributed by atoms with Gasteiger partial charge in [0.1, 0.15) is 0 Å². The Labute approximate surface area is 133 Å². The third kappa shape index (κ3) is 4.76. The second-order valence-corrected chi connectivity index (χ2v) is 6.94. The molecule has 0 amide bonds. The summed E-state index contributed by atoms with van der Waals surface area (Å²) >= 11 is 2.07. The SMILES string of the molecule is CCCCNC(=NC)NCC1(N2CCOCC2)CCSC1. The molecule has 2 N–H and O–H groups in total. The van der Waals surface area contributed by atoms with E-state index in [0.29, 0.717) is 0 Å². The van der Waals surface area contributed by atoms with Gasteiger partial charge in [-0.3, -0.25) is 9.89 Å². The molecule has 2 saturated heterocycles. The van der Waals surface area contributed by atoms with E-state index in [1.807, 2.05) is 7.05 Å². The Morgan fingerprint density at radius 3 is 2.76 bits per heavy atom. The van der Waals surface area contributed by atoms with E-state index in [9.17, 15) is 0 Å². The Bertz CT molecular complexity index is 326. The fourth-order valence-electron chi connectivity index (χ4n) is 2.99. The van der Waals surface area contributed by atoms with Crippen LogP contribution in [0.15, 0.2) is 4.99 Å². The van der Waals surface area contributed by atoms with Gasteiger partial charge in [-0.15, -0.1) is 0 Å². The monoisotopic (exact) mass is 314 g/mol. The summed E-state index contributed by atoms with van der Waals surface area (Å²) in [4.78, 5) is 6.97. The lowest BCUT2D eigenvalue weighted by atomic mass is 9.95. The third-order valence-electron chi connectivity index (χ3n) is 4.40. The third-order valence-corrected chi connectivity index (χ3v) is 5.63. The lowest BCUT2D eigenvalue weighted by Crippen LogP contribution is -2.60. The summed E-state index contributed by atoms with van der Waals surface area (Å²) in [6.07, 6.45) is 3.65. The predicted molar refractivity (Wildman–Crippen MR) is 91.3 cm³/mol. The molecule has 2 aliphatic heterocycles. The molecule has 2 aliphatic rings. The molecule has 6 heteroatoms. The van der Waals surface area contributed by atoms with Gasteiger partial charge in [0.15, 0.2) is 5.96 Å². The minimum absolute atomic E-state index is 0.275. The summed E-state index contributed by atoms with van der Waals surface area (Å²) in [5.74, 6) is 3.42. The second kappa shape index (κ2) is 8.86. The molecule has 2 heterocycles. The summed E-state index contributed by atoms with van der Waals surface area (Å²) in [5, 5.41) is 6.95. The highest BCUT2D eigenvalue weighted by Crippen LogP contribution is 2.33. The van der Waals surface area contributed by atoms with Crippen molar-refractivity contribution in [3.05, 3.63) is 0 Å². The fraction of sp³-hybridized carbons (Fsp3) is 0.933. The van der Waals surface area contributed by atoms with Crippen LogP contribution >= 0.6 is 11.8 Å². The minimum atomic E-state index is 0.275. The molecule has 0 aromatic rings. The highest BCUT2D eigenvalue weighted by Gasteiger charge is 2.40. The highest BCUT2D eigenvalue weighted by atomic mass is 32.2. The minimum Gasteiger partial charge on any atom is -0.379 e. The molecule has 1 unspecified atom stereocenters. The molecule has 0 aromatic heterocycles. The van der Waals surface area contributed by atoms with Crippen LogP contribution in [0, 0.1) is 0 Å². The first kappa shape index (κ1) is 16.9. The van der Waals surface area contributed by atoms with Gasteiger partial charge in [0.25, 0.3) is 0 Å². The molecule has 2 fully saturated rings. The van der Waals surface area contributed by atoms with Crippen LogP contribution in [0.3, 0.4) is 0 Å².